The van der Waals surface area contributed by atoms with Gasteiger partial charge in [0.15, 0.2) is 5.11 Å². The lowest BCUT2D eigenvalue weighted by atomic mass is 10.0. The zero-order valence-corrected chi connectivity index (χ0v) is 18.5. The van der Waals surface area contributed by atoms with Gasteiger partial charge in [-0.1, -0.05) is 35.9 Å². The van der Waals surface area contributed by atoms with Crippen molar-refractivity contribution in [3.63, 3.8) is 0 Å². The third kappa shape index (κ3) is 3.71. The number of aryl methyl sites for hydroxylation is 1. The summed E-state index contributed by atoms with van der Waals surface area (Å²) < 4.78 is 2.17. The van der Waals surface area contributed by atoms with E-state index in [-0.39, 0.29) is 12.1 Å². The molecule has 0 radical (unpaired) electrons. The summed E-state index contributed by atoms with van der Waals surface area (Å²) in [6, 6.07) is 26.3. The molecule has 4 nitrogen and oxygen atoms in total. The third-order valence-electron chi connectivity index (χ3n) is 5.55. The maximum Gasteiger partial charge on any atom is 0.174 e. The minimum Gasteiger partial charge on any atom is -0.351 e. The van der Waals surface area contributed by atoms with Crippen LogP contribution in [0.1, 0.15) is 29.0 Å². The Bertz CT molecular complexity index is 1240. The van der Waals surface area contributed by atoms with Gasteiger partial charge in [-0.15, -0.1) is 0 Å². The van der Waals surface area contributed by atoms with Gasteiger partial charge in [0.05, 0.1) is 11.7 Å². The molecule has 0 aliphatic carbocycles. The van der Waals surface area contributed by atoms with Gasteiger partial charge in [-0.3, -0.25) is 4.98 Å². The molecule has 2 aromatic carbocycles. The number of halogens is 1. The van der Waals surface area contributed by atoms with Crippen molar-refractivity contribution >= 4 is 34.6 Å². The highest BCUT2D eigenvalue weighted by Gasteiger charge is 2.42. The SMILES string of the molecule is Cc1cccc(N2C(=S)N[C@@H](c3ccccn3)[C@H]2c2cccn2-c2cccc(Cl)c2)c1. The van der Waals surface area contributed by atoms with Crippen molar-refractivity contribution in [1.29, 1.82) is 0 Å². The predicted octanol–water partition coefficient (Wildman–Crippen LogP) is 6.01. The summed E-state index contributed by atoms with van der Waals surface area (Å²) in [6.07, 6.45) is 3.88. The van der Waals surface area contributed by atoms with Crippen LogP contribution in [0.25, 0.3) is 5.69 Å². The standard InChI is InChI=1S/C25H21ClN4S/c1-17-7-4-10-20(15-17)30-24(23(28-25(30)31)21-11-2-3-13-27-21)22-12-6-14-29(22)19-9-5-8-18(26)16-19/h2-16,23-24H,1H3,(H,28,31)/t23-,24+/m0/s1. The Balaban J connectivity index is 1.68. The largest absolute Gasteiger partial charge is 0.351 e. The van der Waals surface area contributed by atoms with E-state index in [9.17, 15) is 0 Å². The van der Waals surface area contributed by atoms with Crippen LogP contribution in [0.5, 0.6) is 0 Å². The molecular weight excluding hydrogens is 424 g/mol. The smallest absolute Gasteiger partial charge is 0.174 e. The first-order chi connectivity index (χ1) is 15.1. The van der Waals surface area contributed by atoms with Gasteiger partial charge in [0.2, 0.25) is 0 Å². The zero-order chi connectivity index (χ0) is 21.4. The van der Waals surface area contributed by atoms with Gasteiger partial charge in [-0.25, -0.2) is 0 Å². The van der Waals surface area contributed by atoms with Gasteiger partial charge in [0.25, 0.3) is 0 Å². The van der Waals surface area contributed by atoms with Crippen molar-refractivity contribution in [3.05, 3.63) is 113 Å². The zero-order valence-electron chi connectivity index (χ0n) is 16.9. The molecule has 3 heterocycles. The monoisotopic (exact) mass is 444 g/mol. The fourth-order valence-electron chi connectivity index (χ4n) is 4.21. The lowest BCUT2D eigenvalue weighted by molar-refractivity contribution is 0.549. The first kappa shape index (κ1) is 19.8. The second kappa shape index (κ2) is 8.17. The van der Waals surface area contributed by atoms with E-state index in [0.29, 0.717) is 10.1 Å². The van der Waals surface area contributed by atoms with Gasteiger partial charge in [-0.05, 0) is 79.3 Å². The molecule has 1 fully saturated rings. The molecule has 5 rings (SSSR count). The topological polar surface area (TPSA) is 33.1 Å². The Hall–Kier alpha value is -3.15. The van der Waals surface area contributed by atoms with Gasteiger partial charge < -0.3 is 14.8 Å². The Kier molecular flexibility index (Phi) is 5.22. The third-order valence-corrected chi connectivity index (χ3v) is 6.10. The number of nitrogens with zero attached hydrogens (tertiary/aromatic N) is 3. The van der Waals surface area contributed by atoms with Crippen LogP contribution >= 0.6 is 23.8 Å². The molecule has 1 aliphatic heterocycles. The first-order valence-corrected chi connectivity index (χ1v) is 10.9. The minimum atomic E-state index is -0.0953. The van der Waals surface area contributed by atoms with E-state index in [2.05, 4.69) is 75.4 Å². The van der Waals surface area contributed by atoms with E-state index in [1.54, 1.807) is 0 Å². The van der Waals surface area contributed by atoms with Gasteiger partial charge in [-0.2, -0.15) is 0 Å². The number of aromatic nitrogens is 2. The molecule has 6 heteroatoms. The summed E-state index contributed by atoms with van der Waals surface area (Å²) in [5.41, 5.74) is 5.30. The van der Waals surface area contributed by atoms with E-state index >= 15 is 0 Å². The molecule has 154 valence electrons. The number of anilines is 1. The molecule has 1 N–H and O–H groups in total. The number of pyridine rings is 1. The van der Waals surface area contributed by atoms with Crippen LogP contribution in [0.4, 0.5) is 5.69 Å². The molecule has 2 atom stereocenters. The number of thiocarbonyl (C=S) groups is 1. The van der Waals surface area contributed by atoms with Crippen molar-refractivity contribution in [3.8, 4) is 5.69 Å². The Morgan fingerprint density at radius 2 is 1.77 bits per heavy atom. The molecule has 0 unspecified atom stereocenters. The average molecular weight is 445 g/mol. The average Bonchev–Trinajstić information content (AvgIpc) is 3.38. The number of rotatable bonds is 4. The molecule has 1 saturated heterocycles. The molecule has 1 aliphatic rings. The highest BCUT2D eigenvalue weighted by atomic mass is 35.5. The fraction of sp³-hybridized carbons (Fsp3) is 0.120. The summed E-state index contributed by atoms with van der Waals surface area (Å²) in [6.45, 7) is 2.09. The number of hydrogen-bond donors (Lipinski definition) is 1. The van der Waals surface area contributed by atoms with Crippen molar-refractivity contribution in [2.45, 2.75) is 19.0 Å². The highest BCUT2D eigenvalue weighted by molar-refractivity contribution is 7.80. The summed E-state index contributed by atoms with van der Waals surface area (Å²) in [4.78, 5) is 6.83. The second-order valence-corrected chi connectivity index (χ2v) is 8.44. The predicted molar refractivity (Wildman–Crippen MR) is 130 cm³/mol. The molecule has 0 spiro atoms. The summed E-state index contributed by atoms with van der Waals surface area (Å²) in [5, 5.41) is 4.91. The quantitative estimate of drug-likeness (QED) is 0.391. The van der Waals surface area contributed by atoms with Gasteiger partial charge in [0, 0.05) is 34.5 Å². The maximum atomic E-state index is 6.30. The molecular formula is C25H21ClN4S. The van der Waals surface area contributed by atoms with Gasteiger partial charge in [0.1, 0.15) is 6.04 Å². The molecule has 2 aromatic heterocycles. The van der Waals surface area contributed by atoms with Crippen molar-refractivity contribution < 1.29 is 0 Å². The number of nitrogens with one attached hydrogen (secondary N) is 1. The van der Waals surface area contributed by atoms with Crippen molar-refractivity contribution in [2.75, 3.05) is 4.90 Å². The first-order valence-electron chi connectivity index (χ1n) is 10.1. The van der Waals surface area contributed by atoms with E-state index in [4.69, 9.17) is 23.8 Å². The van der Waals surface area contributed by atoms with Crippen LogP contribution in [0.2, 0.25) is 5.02 Å². The maximum absolute atomic E-state index is 6.30. The van der Waals surface area contributed by atoms with Crippen LogP contribution in [0.3, 0.4) is 0 Å². The fourth-order valence-corrected chi connectivity index (χ4v) is 4.74. The van der Waals surface area contributed by atoms with Crippen LogP contribution in [0, 0.1) is 6.92 Å². The molecule has 31 heavy (non-hydrogen) atoms. The highest BCUT2D eigenvalue weighted by Crippen LogP contribution is 2.42. The molecule has 0 saturated carbocycles. The molecule has 0 bridgehead atoms. The van der Waals surface area contributed by atoms with Crippen LogP contribution in [-0.2, 0) is 0 Å². The second-order valence-electron chi connectivity index (χ2n) is 7.62. The Labute approximate surface area is 192 Å². The summed E-state index contributed by atoms with van der Waals surface area (Å²) >= 11 is 12.1. The lowest BCUT2D eigenvalue weighted by Gasteiger charge is -2.29. The van der Waals surface area contributed by atoms with E-state index < -0.39 is 0 Å². The number of hydrogen-bond acceptors (Lipinski definition) is 2. The van der Waals surface area contributed by atoms with Crippen LogP contribution in [0.15, 0.2) is 91.3 Å². The normalized spacial score (nSPS) is 18.3. The van der Waals surface area contributed by atoms with Crippen LogP contribution < -0.4 is 10.2 Å². The Morgan fingerprint density at radius 1 is 0.935 bits per heavy atom. The summed E-state index contributed by atoms with van der Waals surface area (Å²) in [7, 11) is 0. The van der Waals surface area contributed by atoms with E-state index in [1.807, 2.05) is 42.6 Å². The van der Waals surface area contributed by atoms with Gasteiger partial charge >= 0.3 is 0 Å². The minimum absolute atomic E-state index is 0.0850. The van der Waals surface area contributed by atoms with Crippen molar-refractivity contribution in [1.82, 2.24) is 14.9 Å². The van der Waals surface area contributed by atoms with E-state index in [0.717, 1.165) is 22.8 Å². The Morgan fingerprint density at radius 3 is 2.55 bits per heavy atom. The van der Waals surface area contributed by atoms with Crippen LogP contribution in [-0.4, -0.2) is 14.7 Å². The molecule has 0 amide bonds. The number of benzene rings is 2. The summed E-state index contributed by atoms with van der Waals surface area (Å²) in [5.74, 6) is 0. The van der Waals surface area contributed by atoms with Crippen molar-refractivity contribution in [2.24, 2.45) is 0 Å². The lowest BCUT2D eigenvalue weighted by Crippen LogP contribution is -2.30. The van der Waals surface area contributed by atoms with E-state index in [1.165, 1.54) is 5.56 Å². The molecule has 4 aromatic rings.